The second-order valence-corrected chi connectivity index (χ2v) is 10.2. The number of amides is 1. The molecule has 2 aromatic rings. The number of aromatic nitrogens is 4. The summed E-state index contributed by atoms with van der Waals surface area (Å²) in [6.07, 6.45) is 8.84. The minimum atomic E-state index is -0.760. The summed E-state index contributed by atoms with van der Waals surface area (Å²) in [5, 5.41) is 17.6. The highest BCUT2D eigenvalue weighted by Crippen LogP contribution is 2.47. The van der Waals surface area contributed by atoms with E-state index in [0.29, 0.717) is 47.5 Å². The maximum atomic E-state index is 12.8. The summed E-state index contributed by atoms with van der Waals surface area (Å²) in [5.74, 6) is 0.706. The Balaban J connectivity index is 0.00000156. The molecule has 1 amide bonds. The van der Waals surface area contributed by atoms with E-state index in [2.05, 4.69) is 37.7 Å². The predicted molar refractivity (Wildman–Crippen MR) is 140 cm³/mol. The zero-order valence-corrected chi connectivity index (χ0v) is 22.7. The normalized spacial score (nSPS) is 21.1. The second-order valence-electron chi connectivity index (χ2n) is 10.2. The van der Waals surface area contributed by atoms with Gasteiger partial charge in [0.1, 0.15) is 23.7 Å². The molecule has 2 heterocycles. The Labute approximate surface area is 226 Å². The van der Waals surface area contributed by atoms with Crippen molar-refractivity contribution in [3.63, 3.8) is 0 Å². The number of carboxylic acid groups (broad SMARTS) is 1. The molecule has 0 aromatic carbocycles. The first kappa shape index (κ1) is 27.3. The Hall–Kier alpha value is -2.73. The van der Waals surface area contributed by atoms with E-state index in [1.165, 1.54) is 25.7 Å². The summed E-state index contributed by atoms with van der Waals surface area (Å²) in [4.78, 5) is 30.4. The molecule has 37 heavy (non-hydrogen) atoms. The molecule has 12 heteroatoms. The average Bonchev–Trinajstić information content (AvgIpc) is 3.85. The molecule has 3 saturated carbocycles. The fraction of sp³-hybridized carbons (Fsp3) is 0.640. The largest absolute Gasteiger partial charge is 0.489 e. The van der Waals surface area contributed by atoms with Crippen LogP contribution < -0.4 is 4.74 Å². The summed E-state index contributed by atoms with van der Waals surface area (Å²) in [6.45, 7) is 0.0582. The molecule has 0 radical (unpaired) electrons. The first-order valence-corrected chi connectivity index (χ1v) is 14.0. The molecule has 200 valence electrons. The molecule has 5 rings (SSSR count). The molecule has 0 spiro atoms. The van der Waals surface area contributed by atoms with Crippen molar-refractivity contribution in [2.45, 2.75) is 70.1 Å². The number of carbonyl (C=O) groups excluding carboxylic acids is 1. The molecule has 10 nitrogen and oxygen atoms in total. The van der Waals surface area contributed by atoms with E-state index in [4.69, 9.17) is 9.47 Å². The molecule has 2 aromatic heterocycles. The first-order valence-electron chi connectivity index (χ1n) is 12.7. The van der Waals surface area contributed by atoms with E-state index >= 15 is 0 Å². The zero-order valence-electron chi connectivity index (χ0n) is 21.1. The molecule has 0 unspecified atom stereocenters. The van der Waals surface area contributed by atoms with Crippen molar-refractivity contribution in [3.8, 4) is 17.1 Å². The standard InChI is InChI=1S/C25H33N5O5.S2/c1-29(23(15-6-7-15)16-8-9-16)25(33)34-14-21-22(27-28-30(21)2)20-11-10-19(13-26-20)35-18-5-3-4-17(12-18)24(31)32;1-2/h10-11,13,15-18,23H,3-9,12,14H2,1-2H3,(H,31,32);/t17-,18-;/m0./s1. The summed E-state index contributed by atoms with van der Waals surface area (Å²) in [7, 11) is 3.61. The van der Waals surface area contributed by atoms with Crippen LogP contribution in [0.15, 0.2) is 18.3 Å². The van der Waals surface area contributed by atoms with Crippen LogP contribution in [-0.4, -0.2) is 61.2 Å². The first-order chi connectivity index (χ1) is 17.9. The van der Waals surface area contributed by atoms with Gasteiger partial charge in [0.25, 0.3) is 0 Å². The fourth-order valence-corrected chi connectivity index (χ4v) is 5.24. The van der Waals surface area contributed by atoms with E-state index < -0.39 is 5.97 Å². The highest BCUT2D eigenvalue weighted by atomic mass is 32.8. The fourth-order valence-electron chi connectivity index (χ4n) is 5.24. The summed E-state index contributed by atoms with van der Waals surface area (Å²) in [6, 6.07) is 3.89. The lowest BCUT2D eigenvalue weighted by Crippen LogP contribution is -2.40. The van der Waals surface area contributed by atoms with Gasteiger partial charge in [-0.3, -0.25) is 9.78 Å². The van der Waals surface area contributed by atoms with Gasteiger partial charge in [0.2, 0.25) is 0 Å². The number of hydrogen-bond donors (Lipinski definition) is 1. The number of carboxylic acids is 1. The number of carbonyl (C=O) groups is 2. The average molecular weight is 548 g/mol. The molecule has 1 N–H and O–H groups in total. The van der Waals surface area contributed by atoms with E-state index in [1.807, 2.05) is 7.05 Å². The Morgan fingerprint density at radius 3 is 2.46 bits per heavy atom. The van der Waals surface area contributed by atoms with Gasteiger partial charge in [-0.15, -0.1) is 5.10 Å². The minimum Gasteiger partial charge on any atom is -0.489 e. The lowest BCUT2D eigenvalue weighted by molar-refractivity contribution is -0.143. The number of pyridine rings is 1. The van der Waals surface area contributed by atoms with Crippen LogP contribution in [0.2, 0.25) is 0 Å². The lowest BCUT2D eigenvalue weighted by atomic mass is 9.87. The minimum absolute atomic E-state index is 0.0582. The molecule has 0 saturated heterocycles. The number of nitrogens with zero attached hydrogens (tertiary/aromatic N) is 5. The van der Waals surface area contributed by atoms with Crippen molar-refractivity contribution in [2.75, 3.05) is 7.05 Å². The van der Waals surface area contributed by atoms with Crippen molar-refractivity contribution in [1.82, 2.24) is 24.9 Å². The van der Waals surface area contributed by atoms with E-state index in [0.717, 1.165) is 12.8 Å². The van der Waals surface area contributed by atoms with Gasteiger partial charge in [-0.1, -0.05) is 5.21 Å². The van der Waals surface area contributed by atoms with Gasteiger partial charge < -0.3 is 19.5 Å². The van der Waals surface area contributed by atoms with Gasteiger partial charge in [0.15, 0.2) is 0 Å². The highest BCUT2D eigenvalue weighted by molar-refractivity contribution is 8.07. The van der Waals surface area contributed by atoms with Crippen LogP contribution in [0, 0.1) is 17.8 Å². The maximum Gasteiger partial charge on any atom is 0.410 e. The topological polar surface area (TPSA) is 120 Å². The van der Waals surface area contributed by atoms with Gasteiger partial charge >= 0.3 is 12.1 Å². The summed E-state index contributed by atoms with van der Waals surface area (Å²) >= 11 is 7.33. The number of aryl methyl sites for hydroxylation is 1. The second kappa shape index (κ2) is 12.2. The molecule has 0 aliphatic heterocycles. The number of rotatable bonds is 9. The summed E-state index contributed by atoms with van der Waals surface area (Å²) < 4.78 is 13.3. The van der Waals surface area contributed by atoms with Crippen molar-refractivity contribution in [1.29, 1.82) is 0 Å². The third-order valence-corrected chi connectivity index (χ3v) is 7.48. The van der Waals surface area contributed by atoms with Crippen molar-refractivity contribution >= 4 is 34.4 Å². The van der Waals surface area contributed by atoms with Gasteiger partial charge in [-0.05, 0) is 75.3 Å². The third kappa shape index (κ3) is 6.78. The molecule has 3 aliphatic rings. The van der Waals surface area contributed by atoms with E-state index in [1.54, 1.807) is 35.0 Å². The van der Waals surface area contributed by atoms with Gasteiger partial charge in [-0.25, -0.2) is 9.48 Å². The van der Waals surface area contributed by atoms with Crippen LogP contribution in [0.25, 0.3) is 11.4 Å². The zero-order chi connectivity index (χ0) is 26.5. The van der Waals surface area contributed by atoms with Crippen LogP contribution in [0.4, 0.5) is 4.79 Å². The Morgan fingerprint density at radius 2 is 1.86 bits per heavy atom. The third-order valence-electron chi connectivity index (χ3n) is 7.48. The van der Waals surface area contributed by atoms with Gasteiger partial charge in [0.05, 0.1) is 23.9 Å². The van der Waals surface area contributed by atoms with Crippen LogP contribution in [0.1, 0.15) is 57.1 Å². The molecule has 0 bridgehead atoms. The molecule has 3 aliphatic carbocycles. The molecule has 3 fully saturated rings. The Bertz CT molecular complexity index is 1080. The van der Waals surface area contributed by atoms with Crippen LogP contribution in [0.5, 0.6) is 5.75 Å². The highest BCUT2D eigenvalue weighted by Gasteiger charge is 2.45. The quantitative estimate of drug-likeness (QED) is 0.498. The van der Waals surface area contributed by atoms with Gasteiger partial charge in [0, 0.05) is 42.5 Å². The predicted octanol–water partition coefficient (Wildman–Crippen LogP) is 3.65. The Kier molecular flexibility index (Phi) is 9.01. The SMILES string of the molecule is CN(C(=O)OCc1c(-c2ccc(O[C@H]3CCC[C@H](C(=O)O)C3)cn2)nnn1C)C(C1CC1)C1CC1.S=S. The number of ether oxygens (including phenoxy) is 2. The molecule has 2 atom stereocenters. The van der Waals surface area contributed by atoms with Crippen molar-refractivity contribution in [3.05, 3.63) is 24.0 Å². The number of hydrogen-bond acceptors (Lipinski definition) is 9. The van der Waals surface area contributed by atoms with E-state index in [-0.39, 0.29) is 30.8 Å². The van der Waals surface area contributed by atoms with Crippen molar-refractivity contribution < 1.29 is 24.2 Å². The monoisotopic (exact) mass is 547 g/mol. The smallest absolute Gasteiger partial charge is 0.410 e. The van der Waals surface area contributed by atoms with E-state index in [9.17, 15) is 14.7 Å². The molecular formula is C25H33N5O5S2. The van der Waals surface area contributed by atoms with Crippen LogP contribution in [-0.2, 0) is 45.6 Å². The lowest BCUT2D eigenvalue weighted by Gasteiger charge is -2.27. The van der Waals surface area contributed by atoms with Crippen LogP contribution >= 0.6 is 0 Å². The van der Waals surface area contributed by atoms with Crippen molar-refractivity contribution in [2.24, 2.45) is 24.8 Å². The van der Waals surface area contributed by atoms with Gasteiger partial charge in [-0.2, -0.15) is 0 Å². The molecular weight excluding hydrogens is 514 g/mol. The summed E-state index contributed by atoms with van der Waals surface area (Å²) in [5.41, 5.74) is 1.82. The van der Waals surface area contributed by atoms with Crippen LogP contribution in [0.3, 0.4) is 0 Å². The number of aliphatic carboxylic acids is 1. The maximum absolute atomic E-state index is 12.8. The Morgan fingerprint density at radius 1 is 1.16 bits per heavy atom.